The van der Waals surface area contributed by atoms with Crippen molar-refractivity contribution in [3.63, 3.8) is 0 Å². The van der Waals surface area contributed by atoms with Crippen molar-refractivity contribution in [3.8, 4) is 0 Å². The molecule has 0 aliphatic carbocycles. The highest BCUT2D eigenvalue weighted by atomic mass is 16.6. The molecule has 1 aliphatic rings. The lowest BCUT2D eigenvalue weighted by Gasteiger charge is -2.29. The minimum absolute atomic E-state index is 0.105. The summed E-state index contributed by atoms with van der Waals surface area (Å²) in [5.41, 5.74) is 4.16. The van der Waals surface area contributed by atoms with Gasteiger partial charge in [-0.2, -0.15) is 0 Å². The normalized spacial score (nSPS) is 15.0. The van der Waals surface area contributed by atoms with Gasteiger partial charge in [0.25, 0.3) is 5.69 Å². The van der Waals surface area contributed by atoms with Gasteiger partial charge in [0.15, 0.2) is 0 Å². The summed E-state index contributed by atoms with van der Waals surface area (Å²) >= 11 is 0. The van der Waals surface area contributed by atoms with Gasteiger partial charge in [-0.1, -0.05) is 6.08 Å². The van der Waals surface area contributed by atoms with Crippen LogP contribution in [0, 0.1) is 17.0 Å². The van der Waals surface area contributed by atoms with Gasteiger partial charge in [-0.05, 0) is 62.1 Å². The number of anilines is 1. The molecule has 0 saturated carbocycles. The molecular formula is C19H21N3O2. The third-order valence-corrected chi connectivity index (χ3v) is 4.23. The third kappa shape index (κ3) is 3.98. The first-order chi connectivity index (χ1) is 11.6. The maximum atomic E-state index is 10.7. The summed E-state index contributed by atoms with van der Waals surface area (Å²) in [5, 5.41) is 10.7. The Morgan fingerprint density at radius 3 is 2.46 bits per heavy atom. The Hall–Kier alpha value is -2.69. The summed E-state index contributed by atoms with van der Waals surface area (Å²) in [5.74, 6) is 0. The second kappa shape index (κ2) is 7.25. The van der Waals surface area contributed by atoms with Crippen molar-refractivity contribution < 1.29 is 4.92 Å². The van der Waals surface area contributed by atoms with Crippen LogP contribution in [0.25, 0.3) is 12.2 Å². The van der Waals surface area contributed by atoms with Gasteiger partial charge in [-0.3, -0.25) is 15.1 Å². The standard InChI is InChI=1S/C19H21N3O2/c1-15-13-19(21-11-3-2-4-12-21)14-17(20-15)8-5-16-6-9-18(10-7-16)22(23)24/h5-10,13-14H,2-4,11-12H2,1H3/b8-5+. The molecule has 5 nitrogen and oxygen atoms in total. The minimum Gasteiger partial charge on any atom is -0.371 e. The smallest absolute Gasteiger partial charge is 0.269 e. The molecular weight excluding hydrogens is 302 g/mol. The van der Waals surface area contributed by atoms with E-state index in [1.807, 2.05) is 19.1 Å². The molecule has 1 aromatic heterocycles. The highest BCUT2D eigenvalue weighted by Crippen LogP contribution is 2.22. The molecule has 0 bridgehead atoms. The van der Waals surface area contributed by atoms with Crippen LogP contribution in [0.1, 0.15) is 36.2 Å². The van der Waals surface area contributed by atoms with E-state index < -0.39 is 0 Å². The van der Waals surface area contributed by atoms with E-state index >= 15 is 0 Å². The van der Waals surface area contributed by atoms with E-state index in [0.717, 1.165) is 30.0 Å². The molecule has 2 aromatic rings. The van der Waals surface area contributed by atoms with Gasteiger partial charge >= 0.3 is 0 Å². The fourth-order valence-electron chi connectivity index (χ4n) is 2.98. The summed E-state index contributed by atoms with van der Waals surface area (Å²) in [7, 11) is 0. The molecule has 0 radical (unpaired) electrons. The van der Waals surface area contributed by atoms with Gasteiger partial charge in [0, 0.05) is 36.6 Å². The molecule has 1 aromatic carbocycles. The maximum Gasteiger partial charge on any atom is 0.269 e. The van der Waals surface area contributed by atoms with Gasteiger partial charge in [0.1, 0.15) is 0 Å². The zero-order valence-corrected chi connectivity index (χ0v) is 13.8. The summed E-state index contributed by atoms with van der Waals surface area (Å²) in [6.45, 7) is 4.22. The Morgan fingerprint density at radius 1 is 1.08 bits per heavy atom. The number of aromatic nitrogens is 1. The van der Waals surface area contributed by atoms with Gasteiger partial charge in [-0.25, -0.2) is 0 Å². The van der Waals surface area contributed by atoms with Crippen molar-refractivity contribution in [2.24, 2.45) is 0 Å². The molecule has 0 amide bonds. The number of benzene rings is 1. The Morgan fingerprint density at radius 2 is 1.79 bits per heavy atom. The van der Waals surface area contributed by atoms with Crippen LogP contribution >= 0.6 is 0 Å². The van der Waals surface area contributed by atoms with Crippen LogP contribution in [0.3, 0.4) is 0 Å². The third-order valence-electron chi connectivity index (χ3n) is 4.23. The quantitative estimate of drug-likeness (QED) is 0.616. The molecule has 3 rings (SSSR count). The minimum atomic E-state index is -0.388. The van der Waals surface area contributed by atoms with E-state index in [4.69, 9.17) is 0 Å². The molecule has 1 aliphatic heterocycles. The van der Waals surface area contributed by atoms with Crippen molar-refractivity contribution in [2.75, 3.05) is 18.0 Å². The van der Waals surface area contributed by atoms with Gasteiger partial charge in [0.2, 0.25) is 0 Å². The van der Waals surface area contributed by atoms with E-state index in [1.54, 1.807) is 12.1 Å². The van der Waals surface area contributed by atoms with Crippen LogP contribution in [-0.4, -0.2) is 23.0 Å². The number of pyridine rings is 1. The van der Waals surface area contributed by atoms with Crippen molar-refractivity contribution in [3.05, 3.63) is 63.5 Å². The van der Waals surface area contributed by atoms with Crippen molar-refractivity contribution in [2.45, 2.75) is 26.2 Å². The number of non-ortho nitro benzene ring substituents is 1. The monoisotopic (exact) mass is 323 g/mol. The highest BCUT2D eigenvalue weighted by Gasteiger charge is 2.12. The van der Waals surface area contributed by atoms with E-state index in [-0.39, 0.29) is 10.6 Å². The number of nitrogens with zero attached hydrogens (tertiary/aromatic N) is 3. The largest absolute Gasteiger partial charge is 0.371 e. The van der Waals surface area contributed by atoms with E-state index in [2.05, 4.69) is 22.0 Å². The summed E-state index contributed by atoms with van der Waals surface area (Å²) in [6.07, 6.45) is 7.70. The Bertz CT molecular complexity index is 748. The molecule has 124 valence electrons. The lowest BCUT2D eigenvalue weighted by atomic mass is 10.1. The number of nitro groups is 1. The molecule has 0 atom stereocenters. The van der Waals surface area contributed by atoms with Gasteiger partial charge < -0.3 is 4.90 Å². The van der Waals surface area contributed by atoms with E-state index in [0.29, 0.717) is 0 Å². The highest BCUT2D eigenvalue weighted by molar-refractivity contribution is 5.70. The number of rotatable bonds is 4. The first-order valence-electron chi connectivity index (χ1n) is 8.28. The lowest BCUT2D eigenvalue weighted by molar-refractivity contribution is -0.384. The second-order valence-electron chi connectivity index (χ2n) is 6.12. The average Bonchev–Trinajstić information content (AvgIpc) is 2.60. The first kappa shape index (κ1) is 16.2. The average molecular weight is 323 g/mol. The zero-order valence-electron chi connectivity index (χ0n) is 13.8. The Kier molecular flexibility index (Phi) is 4.89. The van der Waals surface area contributed by atoms with Crippen LogP contribution in [0.5, 0.6) is 0 Å². The van der Waals surface area contributed by atoms with Crippen molar-refractivity contribution >= 4 is 23.5 Å². The van der Waals surface area contributed by atoms with Crippen LogP contribution in [0.4, 0.5) is 11.4 Å². The van der Waals surface area contributed by atoms with E-state index in [9.17, 15) is 10.1 Å². The first-order valence-corrected chi connectivity index (χ1v) is 8.28. The summed E-state index contributed by atoms with van der Waals surface area (Å²) < 4.78 is 0. The number of nitro benzene ring substituents is 1. The number of hydrogen-bond acceptors (Lipinski definition) is 4. The maximum absolute atomic E-state index is 10.7. The predicted molar refractivity (Wildman–Crippen MR) is 97.1 cm³/mol. The molecule has 0 N–H and O–H groups in total. The van der Waals surface area contributed by atoms with Crippen LogP contribution < -0.4 is 4.90 Å². The summed E-state index contributed by atoms with van der Waals surface area (Å²) in [6, 6.07) is 10.8. The van der Waals surface area contributed by atoms with Crippen molar-refractivity contribution in [1.82, 2.24) is 4.98 Å². The molecule has 2 heterocycles. The number of piperidine rings is 1. The Balaban J connectivity index is 1.78. The summed E-state index contributed by atoms with van der Waals surface area (Å²) in [4.78, 5) is 17.3. The second-order valence-corrected chi connectivity index (χ2v) is 6.12. The molecule has 0 spiro atoms. The Labute approximate surface area is 141 Å². The van der Waals surface area contributed by atoms with Crippen molar-refractivity contribution in [1.29, 1.82) is 0 Å². The molecule has 5 heteroatoms. The lowest BCUT2D eigenvalue weighted by Crippen LogP contribution is -2.29. The van der Waals surface area contributed by atoms with Crippen LogP contribution in [-0.2, 0) is 0 Å². The molecule has 24 heavy (non-hydrogen) atoms. The number of aryl methyl sites for hydroxylation is 1. The topological polar surface area (TPSA) is 59.3 Å². The van der Waals surface area contributed by atoms with Gasteiger partial charge in [-0.15, -0.1) is 0 Å². The van der Waals surface area contributed by atoms with E-state index in [1.165, 1.54) is 37.1 Å². The fourth-order valence-corrected chi connectivity index (χ4v) is 2.98. The SMILES string of the molecule is Cc1cc(N2CCCCC2)cc(/C=C/c2ccc([N+](=O)[O-])cc2)n1. The van der Waals surface area contributed by atoms with Gasteiger partial charge in [0.05, 0.1) is 10.6 Å². The molecule has 1 fully saturated rings. The predicted octanol–water partition coefficient (Wildman–Crippen LogP) is 4.46. The molecule has 0 unspecified atom stereocenters. The van der Waals surface area contributed by atoms with Crippen LogP contribution in [0.2, 0.25) is 0 Å². The number of hydrogen-bond donors (Lipinski definition) is 0. The molecule has 1 saturated heterocycles. The van der Waals surface area contributed by atoms with Crippen LogP contribution in [0.15, 0.2) is 36.4 Å². The zero-order chi connectivity index (χ0) is 16.9. The fraction of sp³-hybridized carbons (Fsp3) is 0.316.